The monoisotopic (exact) mass is 309 g/mol. The van der Waals surface area contributed by atoms with Crippen LogP contribution in [0.3, 0.4) is 0 Å². The Hall–Kier alpha value is -1.63. The smallest absolute Gasteiger partial charge is 0.272 e. The Balaban J connectivity index is 0.00000161. The number of hydrogen-bond acceptors (Lipinski definition) is 4. The lowest BCUT2D eigenvalue weighted by atomic mass is 10.2. The molecule has 1 aliphatic rings. The Bertz CT molecular complexity index is 594. The van der Waals surface area contributed by atoms with Crippen molar-refractivity contribution < 1.29 is 4.79 Å². The topological polar surface area (TPSA) is 73.1 Å². The van der Waals surface area contributed by atoms with Crippen LogP contribution in [-0.4, -0.2) is 60.3 Å². The molecule has 1 aromatic carbocycles. The first-order chi connectivity index (χ1) is 9.84. The van der Waals surface area contributed by atoms with Crippen LogP contribution in [0.15, 0.2) is 24.3 Å². The minimum absolute atomic E-state index is 0. The van der Waals surface area contributed by atoms with Crippen molar-refractivity contribution in [2.75, 3.05) is 39.3 Å². The van der Waals surface area contributed by atoms with Crippen molar-refractivity contribution in [1.29, 1.82) is 0 Å². The van der Waals surface area contributed by atoms with E-state index in [2.05, 4.69) is 25.7 Å². The summed E-state index contributed by atoms with van der Waals surface area (Å²) in [4.78, 5) is 14.5. The highest BCUT2D eigenvalue weighted by Gasteiger charge is 2.14. The number of aromatic amines is 1. The molecule has 1 saturated heterocycles. The van der Waals surface area contributed by atoms with Crippen LogP contribution in [0.5, 0.6) is 0 Å². The number of rotatable bonds is 4. The van der Waals surface area contributed by atoms with E-state index in [0.717, 1.165) is 43.6 Å². The number of piperazine rings is 1. The first-order valence-corrected chi connectivity index (χ1v) is 6.99. The van der Waals surface area contributed by atoms with Crippen molar-refractivity contribution in [1.82, 2.24) is 25.7 Å². The molecule has 1 aliphatic heterocycles. The van der Waals surface area contributed by atoms with Crippen LogP contribution in [0, 0.1) is 0 Å². The fourth-order valence-corrected chi connectivity index (χ4v) is 2.48. The second-order valence-electron chi connectivity index (χ2n) is 4.97. The molecule has 0 unspecified atom stereocenters. The number of benzene rings is 1. The first-order valence-electron chi connectivity index (χ1n) is 6.99. The quantitative estimate of drug-likeness (QED) is 0.774. The molecular formula is C14H20ClN5O. The molecule has 0 atom stereocenters. The molecule has 0 saturated carbocycles. The summed E-state index contributed by atoms with van der Waals surface area (Å²) >= 11 is 0. The van der Waals surface area contributed by atoms with Gasteiger partial charge in [0.2, 0.25) is 0 Å². The Morgan fingerprint density at radius 3 is 2.86 bits per heavy atom. The van der Waals surface area contributed by atoms with Crippen molar-refractivity contribution in [3.8, 4) is 0 Å². The van der Waals surface area contributed by atoms with Crippen LogP contribution in [0.4, 0.5) is 0 Å². The zero-order valence-corrected chi connectivity index (χ0v) is 12.6. The molecular weight excluding hydrogens is 290 g/mol. The normalized spacial score (nSPS) is 15.6. The third-order valence-corrected chi connectivity index (χ3v) is 3.61. The lowest BCUT2D eigenvalue weighted by Gasteiger charge is -2.26. The minimum Gasteiger partial charge on any atom is -0.349 e. The van der Waals surface area contributed by atoms with Crippen molar-refractivity contribution in [3.05, 3.63) is 30.0 Å². The molecule has 7 heteroatoms. The Morgan fingerprint density at radius 1 is 1.29 bits per heavy atom. The van der Waals surface area contributed by atoms with Crippen LogP contribution < -0.4 is 10.6 Å². The van der Waals surface area contributed by atoms with Crippen molar-refractivity contribution >= 4 is 29.2 Å². The van der Waals surface area contributed by atoms with Gasteiger partial charge in [-0.3, -0.25) is 14.8 Å². The van der Waals surface area contributed by atoms with E-state index in [-0.39, 0.29) is 18.3 Å². The van der Waals surface area contributed by atoms with Crippen molar-refractivity contribution in [2.45, 2.75) is 0 Å². The summed E-state index contributed by atoms with van der Waals surface area (Å²) in [7, 11) is 0. The van der Waals surface area contributed by atoms with Crippen molar-refractivity contribution in [2.24, 2.45) is 0 Å². The van der Waals surface area contributed by atoms with Crippen LogP contribution >= 0.6 is 12.4 Å². The van der Waals surface area contributed by atoms with Gasteiger partial charge in [0.05, 0.1) is 5.52 Å². The molecule has 2 heterocycles. The molecule has 3 rings (SSSR count). The molecule has 2 aromatic rings. The summed E-state index contributed by atoms with van der Waals surface area (Å²) in [6.07, 6.45) is 0. The molecule has 6 nitrogen and oxygen atoms in total. The van der Waals surface area contributed by atoms with Gasteiger partial charge in [-0.05, 0) is 6.07 Å². The Labute approximate surface area is 129 Å². The second kappa shape index (κ2) is 7.40. The van der Waals surface area contributed by atoms with E-state index in [4.69, 9.17) is 0 Å². The minimum atomic E-state index is -0.113. The summed E-state index contributed by atoms with van der Waals surface area (Å²) in [5.41, 5.74) is 1.36. The fraction of sp³-hybridized carbons (Fsp3) is 0.429. The van der Waals surface area contributed by atoms with Crippen LogP contribution in [0.2, 0.25) is 0 Å². The van der Waals surface area contributed by atoms with Crippen LogP contribution in [0.1, 0.15) is 10.5 Å². The highest BCUT2D eigenvalue weighted by atomic mass is 35.5. The van der Waals surface area contributed by atoms with E-state index in [1.807, 2.05) is 24.3 Å². The van der Waals surface area contributed by atoms with E-state index in [0.29, 0.717) is 12.2 Å². The van der Waals surface area contributed by atoms with Gasteiger partial charge in [0.15, 0.2) is 5.69 Å². The number of amides is 1. The molecule has 0 aliphatic carbocycles. The average molecular weight is 310 g/mol. The number of nitrogens with zero attached hydrogens (tertiary/aromatic N) is 2. The van der Waals surface area contributed by atoms with E-state index in [9.17, 15) is 4.79 Å². The highest BCUT2D eigenvalue weighted by Crippen LogP contribution is 2.14. The van der Waals surface area contributed by atoms with Gasteiger partial charge in [-0.25, -0.2) is 0 Å². The Morgan fingerprint density at radius 2 is 2.05 bits per heavy atom. The standard InChI is InChI=1S/C14H19N5O.ClH/c20-14(16-7-10-19-8-5-15-6-9-19)13-11-3-1-2-4-12(11)17-18-13;/h1-4,15H,5-10H2,(H,16,20)(H,17,18);1H. The zero-order chi connectivity index (χ0) is 13.8. The molecule has 0 radical (unpaired) electrons. The number of H-pyrrole nitrogens is 1. The SMILES string of the molecule is Cl.O=C(NCCN1CCNCC1)c1n[nH]c2ccccc12. The van der Waals surface area contributed by atoms with Gasteiger partial charge in [-0.2, -0.15) is 5.10 Å². The molecule has 0 spiro atoms. The fourth-order valence-electron chi connectivity index (χ4n) is 2.48. The summed E-state index contributed by atoms with van der Waals surface area (Å²) in [6.45, 7) is 5.67. The number of carbonyl (C=O) groups is 1. The van der Waals surface area contributed by atoms with Gasteiger partial charge in [0, 0.05) is 44.7 Å². The maximum atomic E-state index is 12.1. The van der Waals surface area contributed by atoms with Crippen LogP contribution in [-0.2, 0) is 0 Å². The lowest BCUT2D eigenvalue weighted by molar-refractivity contribution is 0.0944. The van der Waals surface area contributed by atoms with E-state index in [1.165, 1.54) is 0 Å². The molecule has 3 N–H and O–H groups in total. The maximum absolute atomic E-state index is 12.1. The van der Waals surface area contributed by atoms with Gasteiger partial charge in [-0.15, -0.1) is 12.4 Å². The summed E-state index contributed by atoms with van der Waals surface area (Å²) in [6, 6.07) is 7.66. The Kier molecular flexibility index (Phi) is 5.55. The van der Waals surface area contributed by atoms with Gasteiger partial charge < -0.3 is 10.6 Å². The number of para-hydroxylation sites is 1. The van der Waals surface area contributed by atoms with Gasteiger partial charge in [-0.1, -0.05) is 18.2 Å². The second-order valence-corrected chi connectivity index (χ2v) is 4.97. The molecule has 1 fully saturated rings. The number of halogens is 1. The molecule has 1 amide bonds. The number of nitrogens with one attached hydrogen (secondary N) is 3. The summed E-state index contributed by atoms with van der Waals surface area (Å²) in [5, 5.41) is 14.1. The maximum Gasteiger partial charge on any atom is 0.272 e. The predicted molar refractivity (Wildman–Crippen MR) is 85.0 cm³/mol. The lowest BCUT2D eigenvalue weighted by Crippen LogP contribution is -2.46. The molecule has 114 valence electrons. The van der Waals surface area contributed by atoms with E-state index in [1.54, 1.807) is 0 Å². The molecule has 1 aromatic heterocycles. The van der Waals surface area contributed by atoms with Gasteiger partial charge in [0.1, 0.15) is 0 Å². The van der Waals surface area contributed by atoms with Gasteiger partial charge >= 0.3 is 0 Å². The number of hydrogen-bond donors (Lipinski definition) is 3. The average Bonchev–Trinajstić information content (AvgIpc) is 2.92. The molecule has 0 bridgehead atoms. The summed E-state index contributed by atoms with van der Waals surface area (Å²) in [5.74, 6) is -0.113. The van der Waals surface area contributed by atoms with Crippen LogP contribution in [0.25, 0.3) is 10.9 Å². The third-order valence-electron chi connectivity index (χ3n) is 3.61. The summed E-state index contributed by atoms with van der Waals surface area (Å²) < 4.78 is 0. The van der Waals surface area contributed by atoms with Crippen molar-refractivity contribution in [3.63, 3.8) is 0 Å². The predicted octanol–water partition coefficient (Wildman–Crippen LogP) is 0.620. The van der Waals surface area contributed by atoms with E-state index < -0.39 is 0 Å². The van der Waals surface area contributed by atoms with E-state index >= 15 is 0 Å². The third kappa shape index (κ3) is 3.72. The zero-order valence-electron chi connectivity index (χ0n) is 11.8. The highest BCUT2D eigenvalue weighted by molar-refractivity contribution is 6.04. The van der Waals surface area contributed by atoms with Gasteiger partial charge in [0.25, 0.3) is 5.91 Å². The number of aromatic nitrogens is 2. The largest absolute Gasteiger partial charge is 0.349 e. The number of carbonyl (C=O) groups excluding carboxylic acids is 1. The first kappa shape index (κ1) is 15.8. The number of fused-ring (bicyclic) bond motifs is 1. The molecule has 21 heavy (non-hydrogen) atoms.